The van der Waals surface area contributed by atoms with Gasteiger partial charge in [-0.25, -0.2) is 4.79 Å². The van der Waals surface area contributed by atoms with E-state index in [1.807, 2.05) is 99.6 Å². The summed E-state index contributed by atoms with van der Waals surface area (Å²) in [4.78, 5) is 46.6. The van der Waals surface area contributed by atoms with Crippen LogP contribution in [0.25, 0.3) is 0 Å². The minimum absolute atomic E-state index is 0.0455. The normalized spacial score (nSPS) is 11.8. The number of hydrogen-bond donors (Lipinski definition) is 0. The summed E-state index contributed by atoms with van der Waals surface area (Å²) < 4.78 is 0. The van der Waals surface area contributed by atoms with Crippen molar-refractivity contribution in [3.8, 4) is 0 Å². The lowest BCUT2D eigenvalue weighted by Gasteiger charge is -2.31. The van der Waals surface area contributed by atoms with Gasteiger partial charge in [0.25, 0.3) is 0 Å². The molecule has 0 saturated heterocycles. The number of rotatable bonds is 14. The van der Waals surface area contributed by atoms with Crippen LogP contribution >= 0.6 is 0 Å². The van der Waals surface area contributed by atoms with Crippen molar-refractivity contribution >= 4 is 40.3 Å². The highest BCUT2D eigenvalue weighted by atomic mass is 16.7. The molecule has 0 aliphatic heterocycles. The van der Waals surface area contributed by atoms with Crippen LogP contribution < -0.4 is 4.90 Å². The van der Waals surface area contributed by atoms with Crippen LogP contribution in [-0.4, -0.2) is 47.8 Å². The molecule has 3 rings (SSSR count). The molecule has 0 atom stereocenters. The summed E-state index contributed by atoms with van der Waals surface area (Å²) in [7, 11) is 3.80. The SMILES string of the molecule is CCCCCC/C(=N\OC(C)=O)C(=O)c1ccc(N(c2ccccc2)c2ccc(C(=O)C(C)(C)N(C)C)cc2)cc1. The molecule has 3 aromatic rings. The summed E-state index contributed by atoms with van der Waals surface area (Å²) in [5.41, 5.74) is 3.38. The van der Waals surface area contributed by atoms with E-state index in [0.717, 1.165) is 42.7 Å². The Morgan fingerprint density at radius 2 is 1.29 bits per heavy atom. The van der Waals surface area contributed by atoms with Crippen LogP contribution in [0.15, 0.2) is 84.0 Å². The number of benzene rings is 3. The van der Waals surface area contributed by atoms with Crippen LogP contribution in [0.1, 0.15) is 80.5 Å². The van der Waals surface area contributed by atoms with Crippen LogP contribution in [0.3, 0.4) is 0 Å². The molecule has 0 saturated carbocycles. The topological polar surface area (TPSA) is 79.3 Å². The second kappa shape index (κ2) is 14.5. The Kier molecular flexibility index (Phi) is 11.1. The predicted octanol–water partition coefficient (Wildman–Crippen LogP) is 7.75. The number of Topliss-reactive ketones (excluding diaryl/α,β-unsaturated/α-hetero) is 2. The molecule has 0 N–H and O–H groups in total. The van der Waals surface area contributed by atoms with E-state index in [2.05, 4.69) is 17.0 Å². The van der Waals surface area contributed by atoms with Gasteiger partial charge in [-0.2, -0.15) is 0 Å². The Balaban J connectivity index is 1.92. The van der Waals surface area contributed by atoms with Crippen molar-refractivity contribution in [1.82, 2.24) is 4.90 Å². The third-order valence-electron chi connectivity index (χ3n) is 7.28. The fourth-order valence-corrected chi connectivity index (χ4v) is 4.31. The minimum atomic E-state index is -0.628. The van der Waals surface area contributed by atoms with Gasteiger partial charge in [0.15, 0.2) is 5.78 Å². The van der Waals surface area contributed by atoms with Crippen molar-refractivity contribution in [3.63, 3.8) is 0 Å². The van der Waals surface area contributed by atoms with Crippen molar-refractivity contribution < 1.29 is 19.2 Å². The summed E-state index contributed by atoms with van der Waals surface area (Å²) in [5.74, 6) is -0.772. The van der Waals surface area contributed by atoms with Gasteiger partial charge in [-0.3, -0.25) is 14.5 Å². The molecule has 0 spiro atoms. The van der Waals surface area contributed by atoms with Crippen molar-refractivity contribution in [1.29, 1.82) is 0 Å². The highest BCUT2D eigenvalue weighted by molar-refractivity contribution is 6.45. The van der Waals surface area contributed by atoms with Gasteiger partial charge in [0.2, 0.25) is 5.78 Å². The zero-order valence-corrected chi connectivity index (χ0v) is 25.0. The first kappa shape index (κ1) is 31.4. The fourth-order valence-electron chi connectivity index (χ4n) is 4.31. The summed E-state index contributed by atoms with van der Waals surface area (Å²) in [5, 5.41) is 3.88. The minimum Gasteiger partial charge on any atom is -0.318 e. The summed E-state index contributed by atoms with van der Waals surface area (Å²) in [6, 6.07) is 24.8. The molecule has 0 heterocycles. The standard InChI is InChI=1S/C34H41N3O4/c1-7-8-9-13-16-31(35-41-25(2)38)32(39)26-17-21-29(22-18-26)37(28-14-11-10-12-15-28)30-23-19-27(20-24-30)33(40)34(3,4)36(5)6/h10-12,14-15,17-24H,7-9,13,16H2,1-6H3/b35-31+. The number of likely N-dealkylation sites (N-methyl/N-ethyl adjacent to an activating group) is 1. The van der Waals surface area contributed by atoms with Crippen molar-refractivity contribution in [3.05, 3.63) is 90.0 Å². The van der Waals surface area contributed by atoms with E-state index in [1.54, 1.807) is 12.1 Å². The first-order valence-corrected chi connectivity index (χ1v) is 14.1. The molecule has 0 aliphatic rings. The number of hydrogen-bond acceptors (Lipinski definition) is 7. The molecule has 7 heteroatoms. The lowest BCUT2D eigenvalue weighted by atomic mass is 9.92. The monoisotopic (exact) mass is 555 g/mol. The van der Waals surface area contributed by atoms with Gasteiger partial charge in [-0.05, 0) is 101 Å². The molecular formula is C34H41N3O4. The van der Waals surface area contributed by atoms with Gasteiger partial charge in [-0.15, -0.1) is 0 Å². The third-order valence-corrected chi connectivity index (χ3v) is 7.28. The van der Waals surface area contributed by atoms with Gasteiger partial charge in [0.05, 0.1) is 5.54 Å². The smallest absolute Gasteiger partial charge is 0.318 e. The molecule has 0 bridgehead atoms. The van der Waals surface area contributed by atoms with Crippen LogP contribution in [0.2, 0.25) is 0 Å². The van der Waals surface area contributed by atoms with Gasteiger partial charge in [0, 0.05) is 35.1 Å². The second-order valence-corrected chi connectivity index (χ2v) is 10.8. The number of ketones is 2. The molecule has 0 fully saturated rings. The van der Waals surface area contributed by atoms with Crippen LogP contribution in [-0.2, 0) is 9.63 Å². The first-order valence-electron chi connectivity index (χ1n) is 14.1. The maximum Gasteiger partial charge on any atom is 0.331 e. The van der Waals surface area contributed by atoms with Crippen molar-refractivity contribution in [2.75, 3.05) is 19.0 Å². The molecule has 0 radical (unpaired) electrons. The number of anilines is 3. The van der Waals surface area contributed by atoms with E-state index in [9.17, 15) is 14.4 Å². The lowest BCUT2D eigenvalue weighted by molar-refractivity contribution is -0.140. The zero-order chi connectivity index (χ0) is 30.0. The highest BCUT2D eigenvalue weighted by Crippen LogP contribution is 2.35. The summed E-state index contributed by atoms with van der Waals surface area (Å²) in [6.45, 7) is 7.21. The average Bonchev–Trinajstić information content (AvgIpc) is 2.97. The van der Waals surface area contributed by atoms with E-state index >= 15 is 0 Å². The molecule has 0 amide bonds. The quantitative estimate of drug-likeness (QED) is 0.0665. The van der Waals surface area contributed by atoms with Crippen LogP contribution in [0.5, 0.6) is 0 Å². The Morgan fingerprint density at radius 3 is 1.80 bits per heavy atom. The number of carbonyl (C=O) groups is 3. The molecule has 7 nitrogen and oxygen atoms in total. The van der Waals surface area contributed by atoms with Gasteiger partial charge < -0.3 is 9.74 Å². The Bertz CT molecular complexity index is 1340. The van der Waals surface area contributed by atoms with E-state index in [-0.39, 0.29) is 17.3 Å². The van der Waals surface area contributed by atoms with E-state index in [1.165, 1.54) is 6.92 Å². The number of unbranched alkanes of at least 4 members (excludes halogenated alkanes) is 3. The molecule has 3 aromatic carbocycles. The van der Waals surface area contributed by atoms with E-state index < -0.39 is 11.5 Å². The van der Waals surface area contributed by atoms with Gasteiger partial charge in [-0.1, -0.05) is 49.5 Å². The molecule has 0 unspecified atom stereocenters. The Morgan fingerprint density at radius 1 is 0.756 bits per heavy atom. The largest absolute Gasteiger partial charge is 0.331 e. The Hall–Kier alpha value is -4.10. The number of nitrogens with zero attached hydrogens (tertiary/aromatic N) is 3. The van der Waals surface area contributed by atoms with Gasteiger partial charge in [0.1, 0.15) is 5.71 Å². The molecule has 0 aromatic heterocycles. The van der Waals surface area contributed by atoms with Crippen molar-refractivity contribution in [2.45, 2.75) is 65.3 Å². The highest BCUT2D eigenvalue weighted by Gasteiger charge is 2.30. The van der Waals surface area contributed by atoms with Crippen LogP contribution in [0.4, 0.5) is 17.1 Å². The maximum absolute atomic E-state index is 13.3. The average molecular weight is 556 g/mol. The van der Waals surface area contributed by atoms with Gasteiger partial charge >= 0.3 is 5.97 Å². The zero-order valence-electron chi connectivity index (χ0n) is 25.0. The maximum atomic E-state index is 13.3. The molecular weight excluding hydrogens is 514 g/mol. The van der Waals surface area contributed by atoms with Crippen LogP contribution in [0, 0.1) is 0 Å². The van der Waals surface area contributed by atoms with E-state index in [0.29, 0.717) is 17.5 Å². The predicted molar refractivity (Wildman–Crippen MR) is 166 cm³/mol. The molecule has 216 valence electrons. The third kappa shape index (κ3) is 8.21. The lowest BCUT2D eigenvalue weighted by Crippen LogP contribution is -2.45. The summed E-state index contributed by atoms with van der Waals surface area (Å²) >= 11 is 0. The number of oxime groups is 1. The van der Waals surface area contributed by atoms with E-state index in [4.69, 9.17) is 4.84 Å². The number of para-hydroxylation sites is 1. The summed E-state index contributed by atoms with van der Waals surface area (Å²) in [6.07, 6.45) is 4.37. The molecule has 0 aliphatic carbocycles. The first-order chi connectivity index (χ1) is 19.6. The molecule has 41 heavy (non-hydrogen) atoms. The Labute approximate surface area is 243 Å². The fraction of sp³-hybridized carbons (Fsp3) is 0.353. The van der Waals surface area contributed by atoms with Crippen molar-refractivity contribution in [2.24, 2.45) is 5.16 Å². The number of carbonyl (C=O) groups excluding carboxylic acids is 3. The second-order valence-electron chi connectivity index (χ2n) is 10.8.